The molecule has 19 heavy (non-hydrogen) atoms. The maximum atomic E-state index is 5.81. The molecule has 3 nitrogen and oxygen atoms in total. The maximum Gasteiger partial charge on any atom is 0.0419 e. The molecule has 106 valence electrons. The molecule has 1 atom stereocenters. The smallest absolute Gasteiger partial charge is 0.0419 e. The summed E-state index contributed by atoms with van der Waals surface area (Å²) in [5.74, 6) is 0. The molecule has 0 saturated carbocycles. The molecule has 0 unspecified atom stereocenters. The van der Waals surface area contributed by atoms with Crippen LogP contribution in [0, 0.1) is 0 Å². The van der Waals surface area contributed by atoms with Gasteiger partial charge in [0.05, 0.1) is 0 Å². The lowest BCUT2D eigenvalue weighted by molar-refractivity contribution is 0.200. The minimum Gasteiger partial charge on any atom is -0.383 e. The van der Waals surface area contributed by atoms with Crippen LogP contribution in [0.4, 0.5) is 5.69 Å². The van der Waals surface area contributed by atoms with Crippen LogP contribution >= 0.6 is 0 Å². The summed E-state index contributed by atoms with van der Waals surface area (Å²) < 4.78 is 0. The number of benzene rings is 1. The lowest BCUT2D eigenvalue weighted by Crippen LogP contribution is -2.45. The van der Waals surface area contributed by atoms with E-state index in [4.69, 9.17) is 5.73 Å². The quantitative estimate of drug-likeness (QED) is 0.827. The van der Waals surface area contributed by atoms with Crippen molar-refractivity contribution in [2.75, 3.05) is 25.0 Å². The molecule has 3 heteroatoms. The molecule has 0 aromatic heterocycles. The molecule has 0 bridgehead atoms. The van der Waals surface area contributed by atoms with Gasteiger partial charge in [0.25, 0.3) is 0 Å². The van der Waals surface area contributed by atoms with Gasteiger partial charge >= 0.3 is 0 Å². The second-order valence-corrected chi connectivity index (χ2v) is 5.43. The van der Waals surface area contributed by atoms with E-state index in [2.05, 4.69) is 42.3 Å². The highest BCUT2D eigenvalue weighted by Gasteiger charge is 2.24. The van der Waals surface area contributed by atoms with Crippen molar-refractivity contribution >= 4 is 5.69 Å². The molecule has 1 aliphatic rings. The first-order valence-corrected chi connectivity index (χ1v) is 7.58. The van der Waals surface area contributed by atoms with Gasteiger partial charge in [-0.3, -0.25) is 4.90 Å². The summed E-state index contributed by atoms with van der Waals surface area (Å²) in [5.41, 5.74) is 9.77. The molecule has 1 aromatic carbocycles. The van der Waals surface area contributed by atoms with E-state index in [1.54, 1.807) is 0 Å². The number of rotatable bonds is 6. The first-order chi connectivity index (χ1) is 9.30. The fourth-order valence-corrected chi connectivity index (χ4v) is 3.08. The zero-order chi connectivity index (χ0) is 13.7. The number of hydrogen-bond acceptors (Lipinski definition) is 3. The topological polar surface area (TPSA) is 41.3 Å². The van der Waals surface area contributed by atoms with Crippen LogP contribution in [0.2, 0.25) is 0 Å². The molecule has 0 amide bonds. The lowest BCUT2D eigenvalue weighted by Gasteiger charge is -2.36. The molecule has 1 heterocycles. The number of nitrogens with zero attached hydrogens (tertiary/aromatic N) is 1. The second kappa shape index (κ2) is 6.92. The molecule has 0 spiro atoms. The number of anilines is 1. The van der Waals surface area contributed by atoms with E-state index in [1.807, 2.05) is 0 Å². The zero-order valence-electron chi connectivity index (χ0n) is 12.3. The molecule has 3 N–H and O–H groups in total. The van der Waals surface area contributed by atoms with Crippen molar-refractivity contribution in [3.8, 4) is 0 Å². The summed E-state index contributed by atoms with van der Waals surface area (Å²) in [6.07, 6.45) is 3.61. The Morgan fingerprint density at radius 1 is 1.26 bits per heavy atom. The molecular weight excluding hydrogens is 234 g/mol. The minimum atomic E-state index is 0.620. The highest BCUT2D eigenvalue weighted by molar-refractivity contribution is 5.59. The number of nitrogens with two attached hydrogens (primary N) is 1. The Hall–Kier alpha value is -1.06. The molecule has 1 aromatic rings. The van der Waals surface area contributed by atoms with E-state index >= 15 is 0 Å². The largest absolute Gasteiger partial charge is 0.383 e. The Morgan fingerprint density at radius 3 is 2.63 bits per heavy atom. The van der Waals surface area contributed by atoms with Crippen molar-refractivity contribution in [1.82, 2.24) is 4.90 Å². The predicted molar refractivity (Wildman–Crippen MR) is 82.5 cm³/mol. The van der Waals surface area contributed by atoms with Crippen molar-refractivity contribution in [2.24, 2.45) is 5.73 Å². The third kappa shape index (κ3) is 3.28. The third-order valence-corrected chi connectivity index (χ3v) is 3.97. The van der Waals surface area contributed by atoms with E-state index in [0.717, 1.165) is 13.0 Å². The Bertz CT molecular complexity index is 397. The van der Waals surface area contributed by atoms with Crippen molar-refractivity contribution in [1.29, 1.82) is 0 Å². The second-order valence-electron chi connectivity index (χ2n) is 5.43. The SMILES string of the molecule is CCCN(CCC)[C@H]1CNc2c(CN)cccc2C1. The highest BCUT2D eigenvalue weighted by Crippen LogP contribution is 2.27. The Morgan fingerprint density at radius 2 is 2.00 bits per heavy atom. The lowest BCUT2D eigenvalue weighted by atomic mass is 9.95. The average molecular weight is 261 g/mol. The van der Waals surface area contributed by atoms with E-state index in [9.17, 15) is 0 Å². The first-order valence-electron chi connectivity index (χ1n) is 7.58. The standard InChI is InChI=1S/C16H27N3/c1-3-8-19(9-4-2)15-10-13-6-5-7-14(11-17)16(13)18-12-15/h5-7,15,18H,3-4,8-12,17H2,1-2H3/t15-/m1/s1. The summed E-state index contributed by atoms with van der Waals surface area (Å²) in [4.78, 5) is 2.63. The number of fused-ring (bicyclic) bond motifs is 1. The molecule has 0 aliphatic carbocycles. The van der Waals surface area contributed by atoms with Gasteiger partial charge in [0.2, 0.25) is 0 Å². The number of nitrogens with one attached hydrogen (secondary N) is 1. The monoisotopic (exact) mass is 261 g/mol. The van der Waals surface area contributed by atoms with Gasteiger partial charge < -0.3 is 11.1 Å². The molecular formula is C16H27N3. The maximum absolute atomic E-state index is 5.81. The van der Waals surface area contributed by atoms with Gasteiger partial charge in [0, 0.05) is 24.8 Å². The van der Waals surface area contributed by atoms with Crippen molar-refractivity contribution in [3.63, 3.8) is 0 Å². The highest BCUT2D eigenvalue weighted by atomic mass is 15.2. The van der Waals surface area contributed by atoms with Crippen LogP contribution in [-0.2, 0) is 13.0 Å². The summed E-state index contributed by atoms with van der Waals surface area (Å²) in [7, 11) is 0. The van der Waals surface area contributed by atoms with Gasteiger partial charge in [-0.05, 0) is 43.5 Å². The van der Waals surface area contributed by atoms with E-state index in [0.29, 0.717) is 12.6 Å². The molecule has 2 rings (SSSR count). The van der Waals surface area contributed by atoms with Crippen molar-refractivity contribution in [3.05, 3.63) is 29.3 Å². The van der Waals surface area contributed by atoms with Crippen LogP contribution in [0.25, 0.3) is 0 Å². The normalized spacial score (nSPS) is 18.2. The summed E-state index contributed by atoms with van der Waals surface area (Å²) in [5, 5.41) is 3.61. The predicted octanol–water partition coefficient (Wildman–Crippen LogP) is 2.60. The van der Waals surface area contributed by atoms with Gasteiger partial charge in [0.15, 0.2) is 0 Å². The third-order valence-electron chi connectivity index (χ3n) is 3.97. The van der Waals surface area contributed by atoms with Gasteiger partial charge in [-0.15, -0.1) is 0 Å². The summed E-state index contributed by atoms with van der Waals surface area (Å²) in [6, 6.07) is 7.13. The van der Waals surface area contributed by atoms with Gasteiger partial charge in [-0.1, -0.05) is 32.0 Å². The Balaban J connectivity index is 2.12. The van der Waals surface area contributed by atoms with Gasteiger partial charge in [0.1, 0.15) is 0 Å². The van der Waals surface area contributed by atoms with Crippen LogP contribution < -0.4 is 11.1 Å². The molecule has 0 saturated heterocycles. The summed E-state index contributed by atoms with van der Waals surface area (Å²) >= 11 is 0. The van der Waals surface area contributed by atoms with E-state index in [-0.39, 0.29) is 0 Å². The van der Waals surface area contributed by atoms with E-state index in [1.165, 1.54) is 42.7 Å². The van der Waals surface area contributed by atoms with Crippen LogP contribution in [0.5, 0.6) is 0 Å². The summed E-state index contributed by atoms with van der Waals surface area (Å²) in [6.45, 7) is 8.59. The number of para-hydroxylation sites is 1. The van der Waals surface area contributed by atoms with E-state index < -0.39 is 0 Å². The molecule has 0 fully saturated rings. The van der Waals surface area contributed by atoms with Crippen LogP contribution in [-0.4, -0.2) is 30.6 Å². The van der Waals surface area contributed by atoms with Crippen molar-refractivity contribution in [2.45, 2.75) is 45.7 Å². The fraction of sp³-hybridized carbons (Fsp3) is 0.625. The number of hydrogen-bond donors (Lipinski definition) is 2. The first kappa shape index (κ1) is 14.4. The Kier molecular flexibility index (Phi) is 5.23. The van der Waals surface area contributed by atoms with Crippen LogP contribution in [0.1, 0.15) is 37.8 Å². The zero-order valence-corrected chi connectivity index (χ0v) is 12.3. The van der Waals surface area contributed by atoms with Gasteiger partial charge in [-0.25, -0.2) is 0 Å². The average Bonchev–Trinajstić information content (AvgIpc) is 2.45. The molecule has 0 radical (unpaired) electrons. The fourth-order valence-electron chi connectivity index (χ4n) is 3.08. The molecule has 1 aliphatic heterocycles. The van der Waals surface area contributed by atoms with Gasteiger partial charge in [-0.2, -0.15) is 0 Å². The van der Waals surface area contributed by atoms with Crippen LogP contribution in [0.3, 0.4) is 0 Å². The van der Waals surface area contributed by atoms with Crippen molar-refractivity contribution < 1.29 is 0 Å². The van der Waals surface area contributed by atoms with Crippen LogP contribution in [0.15, 0.2) is 18.2 Å². The minimum absolute atomic E-state index is 0.620. The Labute approximate surface area is 117 Å².